The third-order valence-electron chi connectivity index (χ3n) is 4.90. The summed E-state index contributed by atoms with van der Waals surface area (Å²) in [5, 5.41) is 0. The second-order valence-corrected chi connectivity index (χ2v) is 6.77. The number of fused-ring (bicyclic) bond motifs is 1. The number of rotatable bonds is 5. The van der Waals surface area contributed by atoms with E-state index in [9.17, 15) is 0 Å². The van der Waals surface area contributed by atoms with Crippen LogP contribution in [-0.2, 0) is 13.0 Å². The molecular weight excluding hydrogens is 318 g/mol. The van der Waals surface area contributed by atoms with Crippen LogP contribution in [0, 0.1) is 6.92 Å². The molecule has 1 aromatic heterocycles. The van der Waals surface area contributed by atoms with Gasteiger partial charge in [0.2, 0.25) is 0 Å². The first kappa shape index (κ1) is 16.6. The van der Waals surface area contributed by atoms with Crippen molar-refractivity contribution in [3.05, 3.63) is 101 Å². The minimum absolute atomic E-state index is 0.145. The average molecular weight is 341 g/mol. The van der Waals surface area contributed by atoms with E-state index in [0.717, 1.165) is 29.8 Å². The van der Waals surface area contributed by atoms with Crippen molar-refractivity contribution in [1.29, 1.82) is 0 Å². The van der Waals surface area contributed by atoms with Crippen LogP contribution in [0.1, 0.15) is 28.6 Å². The first-order chi connectivity index (χ1) is 12.7. The normalized spacial score (nSPS) is 12.4. The van der Waals surface area contributed by atoms with E-state index < -0.39 is 0 Å². The van der Waals surface area contributed by atoms with Crippen molar-refractivity contribution in [2.75, 3.05) is 0 Å². The zero-order valence-electron chi connectivity index (χ0n) is 15.0. The highest BCUT2D eigenvalue weighted by Crippen LogP contribution is 2.24. The van der Waals surface area contributed by atoms with Gasteiger partial charge in [0, 0.05) is 6.54 Å². The molecule has 3 nitrogen and oxygen atoms in total. The Kier molecular flexibility index (Phi) is 4.55. The number of nitrogens with two attached hydrogens (primary N) is 1. The fourth-order valence-corrected chi connectivity index (χ4v) is 3.46. The number of aryl methyl sites for hydroxylation is 1. The van der Waals surface area contributed by atoms with Crippen molar-refractivity contribution in [1.82, 2.24) is 9.55 Å². The summed E-state index contributed by atoms with van der Waals surface area (Å²) >= 11 is 0. The second kappa shape index (κ2) is 7.14. The molecule has 0 fully saturated rings. The number of nitrogens with zero attached hydrogens (tertiary/aromatic N) is 2. The van der Waals surface area contributed by atoms with Crippen LogP contribution in [0.15, 0.2) is 78.9 Å². The first-order valence-electron chi connectivity index (χ1n) is 9.01. The third kappa shape index (κ3) is 3.26. The molecule has 0 amide bonds. The van der Waals surface area contributed by atoms with Gasteiger partial charge >= 0.3 is 0 Å². The molecule has 0 aliphatic rings. The van der Waals surface area contributed by atoms with E-state index in [1.165, 1.54) is 16.7 Å². The summed E-state index contributed by atoms with van der Waals surface area (Å²) in [5.41, 5.74) is 12.5. The molecule has 0 radical (unpaired) electrons. The monoisotopic (exact) mass is 341 g/mol. The number of imidazole rings is 1. The fraction of sp³-hybridized carbons (Fsp3) is 0.174. The summed E-state index contributed by atoms with van der Waals surface area (Å²) < 4.78 is 2.27. The SMILES string of the molecule is Cc1ccccc1Cn1c(C(N)Cc2ccccc2)nc2ccccc21. The molecule has 2 N–H and O–H groups in total. The molecule has 0 spiro atoms. The summed E-state index contributed by atoms with van der Waals surface area (Å²) in [7, 11) is 0. The van der Waals surface area contributed by atoms with Crippen LogP contribution in [0.2, 0.25) is 0 Å². The average Bonchev–Trinajstić information content (AvgIpc) is 3.03. The number of hydrogen-bond donors (Lipinski definition) is 1. The summed E-state index contributed by atoms with van der Waals surface area (Å²) in [5.74, 6) is 0.943. The van der Waals surface area contributed by atoms with Gasteiger partial charge in [-0.15, -0.1) is 0 Å². The molecule has 3 heteroatoms. The lowest BCUT2D eigenvalue weighted by atomic mass is 10.1. The van der Waals surface area contributed by atoms with Gasteiger partial charge in [-0.2, -0.15) is 0 Å². The van der Waals surface area contributed by atoms with E-state index in [2.05, 4.69) is 78.2 Å². The van der Waals surface area contributed by atoms with E-state index in [-0.39, 0.29) is 6.04 Å². The summed E-state index contributed by atoms with van der Waals surface area (Å²) in [6.45, 7) is 2.93. The highest BCUT2D eigenvalue weighted by atomic mass is 15.1. The van der Waals surface area contributed by atoms with Crippen LogP contribution in [0.25, 0.3) is 11.0 Å². The standard InChI is InChI=1S/C23H23N3/c1-17-9-5-6-12-19(17)16-26-22-14-8-7-13-21(22)25-23(26)20(24)15-18-10-3-2-4-11-18/h2-14,20H,15-16,24H2,1H3. The van der Waals surface area contributed by atoms with Gasteiger partial charge in [-0.05, 0) is 42.2 Å². The second-order valence-electron chi connectivity index (χ2n) is 6.77. The smallest absolute Gasteiger partial charge is 0.127 e. The topological polar surface area (TPSA) is 43.8 Å². The van der Waals surface area contributed by atoms with E-state index in [0.29, 0.717) is 0 Å². The van der Waals surface area contributed by atoms with Crippen molar-refractivity contribution in [2.24, 2.45) is 5.73 Å². The Bertz CT molecular complexity index is 1020. The number of para-hydroxylation sites is 2. The maximum atomic E-state index is 6.60. The van der Waals surface area contributed by atoms with Crippen LogP contribution in [0.3, 0.4) is 0 Å². The van der Waals surface area contributed by atoms with Gasteiger partial charge in [0.25, 0.3) is 0 Å². The van der Waals surface area contributed by atoms with Crippen molar-refractivity contribution >= 4 is 11.0 Å². The number of benzene rings is 3. The molecule has 1 unspecified atom stereocenters. The maximum absolute atomic E-state index is 6.60. The Morgan fingerprint density at radius 2 is 1.58 bits per heavy atom. The molecule has 0 aliphatic carbocycles. The molecule has 130 valence electrons. The molecule has 4 rings (SSSR count). The Labute approximate surface area is 154 Å². The molecule has 1 heterocycles. The zero-order chi connectivity index (χ0) is 17.9. The van der Waals surface area contributed by atoms with Crippen molar-refractivity contribution in [2.45, 2.75) is 25.9 Å². The predicted octanol–water partition coefficient (Wildman–Crippen LogP) is 4.64. The maximum Gasteiger partial charge on any atom is 0.127 e. The lowest BCUT2D eigenvalue weighted by Crippen LogP contribution is -2.19. The van der Waals surface area contributed by atoms with Gasteiger partial charge in [0.1, 0.15) is 5.82 Å². The Morgan fingerprint density at radius 1 is 0.885 bits per heavy atom. The molecule has 1 atom stereocenters. The predicted molar refractivity (Wildman–Crippen MR) is 107 cm³/mol. The van der Waals surface area contributed by atoms with Crippen LogP contribution in [0.4, 0.5) is 0 Å². The van der Waals surface area contributed by atoms with Gasteiger partial charge in [-0.1, -0.05) is 66.7 Å². The quantitative estimate of drug-likeness (QED) is 0.575. The van der Waals surface area contributed by atoms with E-state index >= 15 is 0 Å². The van der Waals surface area contributed by atoms with Gasteiger partial charge in [-0.25, -0.2) is 4.98 Å². The highest BCUT2D eigenvalue weighted by molar-refractivity contribution is 5.76. The number of hydrogen-bond acceptors (Lipinski definition) is 2. The minimum Gasteiger partial charge on any atom is -0.322 e. The van der Waals surface area contributed by atoms with Gasteiger partial charge in [0.15, 0.2) is 0 Å². The van der Waals surface area contributed by atoms with E-state index in [1.807, 2.05) is 12.1 Å². The summed E-state index contributed by atoms with van der Waals surface area (Å²) in [4.78, 5) is 4.87. The first-order valence-corrected chi connectivity index (χ1v) is 9.01. The Hall–Kier alpha value is -2.91. The molecular formula is C23H23N3. The summed E-state index contributed by atoms with van der Waals surface area (Å²) in [6.07, 6.45) is 0.776. The zero-order valence-corrected chi connectivity index (χ0v) is 15.0. The molecule has 0 saturated carbocycles. The van der Waals surface area contributed by atoms with E-state index in [4.69, 9.17) is 10.7 Å². The fourth-order valence-electron chi connectivity index (χ4n) is 3.46. The largest absolute Gasteiger partial charge is 0.322 e. The lowest BCUT2D eigenvalue weighted by molar-refractivity contribution is 0.618. The van der Waals surface area contributed by atoms with Crippen LogP contribution >= 0.6 is 0 Å². The number of aromatic nitrogens is 2. The van der Waals surface area contributed by atoms with Crippen LogP contribution < -0.4 is 5.73 Å². The van der Waals surface area contributed by atoms with E-state index in [1.54, 1.807) is 0 Å². The highest BCUT2D eigenvalue weighted by Gasteiger charge is 2.18. The lowest BCUT2D eigenvalue weighted by Gasteiger charge is -2.16. The van der Waals surface area contributed by atoms with Crippen molar-refractivity contribution in [3.63, 3.8) is 0 Å². The molecule has 0 bridgehead atoms. The van der Waals surface area contributed by atoms with Crippen molar-refractivity contribution < 1.29 is 0 Å². The Balaban J connectivity index is 1.75. The van der Waals surface area contributed by atoms with Gasteiger partial charge in [-0.3, -0.25) is 0 Å². The third-order valence-corrected chi connectivity index (χ3v) is 4.90. The Morgan fingerprint density at radius 3 is 2.38 bits per heavy atom. The van der Waals surface area contributed by atoms with Crippen LogP contribution in [0.5, 0.6) is 0 Å². The van der Waals surface area contributed by atoms with Crippen LogP contribution in [-0.4, -0.2) is 9.55 Å². The van der Waals surface area contributed by atoms with Crippen molar-refractivity contribution in [3.8, 4) is 0 Å². The molecule has 26 heavy (non-hydrogen) atoms. The molecule has 0 aliphatic heterocycles. The molecule has 4 aromatic rings. The van der Waals surface area contributed by atoms with Gasteiger partial charge < -0.3 is 10.3 Å². The van der Waals surface area contributed by atoms with Gasteiger partial charge in [0.05, 0.1) is 17.1 Å². The summed E-state index contributed by atoms with van der Waals surface area (Å²) in [6, 6.07) is 27.0. The molecule has 3 aromatic carbocycles. The molecule has 0 saturated heterocycles. The minimum atomic E-state index is -0.145.